The second-order valence-electron chi connectivity index (χ2n) is 5.40. The summed E-state index contributed by atoms with van der Waals surface area (Å²) in [6.07, 6.45) is 6.18. The van der Waals surface area contributed by atoms with E-state index >= 15 is 0 Å². The van der Waals surface area contributed by atoms with Crippen LogP contribution in [-0.2, 0) is 13.5 Å². The zero-order valence-electron chi connectivity index (χ0n) is 12.8. The Labute approximate surface area is 126 Å². The molecule has 21 heavy (non-hydrogen) atoms. The number of hydrogen-bond donors (Lipinski definition) is 1. The van der Waals surface area contributed by atoms with Gasteiger partial charge in [0.1, 0.15) is 5.82 Å². The van der Waals surface area contributed by atoms with Crippen molar-refractivity contribution in [3.05, 3.63) is 53.6 Å². The third kappa shape index (κ3) is 4.67. The van der Waals surface area contributed by atoms with E-state index in [1.165, 1.54) is 30.7 Å². The zero-order chi connectivity index (χ0) is 15.1. The molecule has 0 saturated heterocycles. The number of halogens is 1. The predicted octanol–water partition coefficient (Wildman–Crippen LogP) is 3.62. The molecule has 0 radical (unpaired) electrons. The third-order valence-electron chi connectivity index (χ3n) is 3.81. The summed E-state index contributed by atoms with van der Waals surface area (Å²) in [5.41, 5.74) is 2.38. The van der Waals surface area contributed by atoms with Crippen LogP contribution in [-0.4, -0.2) is 16.3 Å². The lowest BCUT2D eigenvalue weighted by Crippen LogP contribution is -2.24. The van der Waals surface area contributed by atoms with Crippen LogP contribution < -0.4 is 5.32 Å². The summed E-state index contributed by atoms with van der Waals surface area (Å²) < 4.78 is 15.0. The standard InChI is InChI=1S/C17H24FN3/c1-3-4-5-17(14-6-8-15(18)9-7-14)19-12-10-16-11-13-20-21(16)2/h6-9,11,13,17,19H,3-5,10,12H2,1-2H3. The van der Waals surface area contributed by atoms with Crippen molar-refractivity contribution >= 4 is 0 Å². The largest absolute Gasteiger partial charge is 0.310 e. The number of rotatable bonds is 8. The minimum absolute atomic E-state index is 0.178. The van der Waals surface area contributed by atoms with Crippen molar-refractivity contribution in [3.63, 3.8) is 0 Å². The Morgan fingerprint density at radius 3 is 2.62 bits per heavy atom. The number of nitrogens with one attached hydrogen (secondary N) is 1. The summed E-state index contributed by atoms with van der Waals surface area (Å²) in [6.45, 7) is 3.09. The quantitative estimate of drug-likeness (QED) is 0.804. The fourth-order valence-corrected chi connectivity index (χ4v) is 2.51. The van der Waals surface area contributed by atoms with Crippen LogP contribution in [0.5, 0.6) is 0 Å². The van der Waals surface area contributed by atoms with E-state index in [2.05, 4.69) is 17.3 Å². The lowest BCUT2D eigenvalue weighted by Gasteiger charge is -2.19. The monoisotopic (exact) mass is 289 g/mol. The van der Waals surface area contributed by atoms with Gasteiger partial charge in [0.15, 0.2) is 0 Å². The Kier molecular flexibility index (Phi) is 5.93. The number of nitrogens with zero attached hydrogens (tertiary/aromatic N) is 2. The van der Waals surface area contributed by atoms with E-state index in [1.54, 1.807) is 0 Å². The van der Waals surface area contributed by atoms with Crippen LogP contribution >= 0.6 is 0 Å². The minimum atomic E-state index is -0.178. The highest BCUT2D eigenvalue weighted by molar-refractivity contribution is 5.20. The molecule has 1 heterocycles. The molecule has 0 saturated carbocycles. The fourth-order valence-electron chi connectivity index (χ4n) is 2.51. The zero-order valence-corrected chi connectivity index (χ0v) is 12.8. The lowest BCUT2D eigenvalue weighted by atomic mass is 10.0. The van der Waals surface area contributed by atoms with Crippen LogP contribution in [0.15, 0.2) is 36.5 Å². The Hall–Kier alpha value is -1.68. The van der Waals surface area contributed by atoms with Crippen LogP contribution in [0, 0.1) is 5.82 Å². The molecule has 3 nitrogen and oxygen atoms in total. The molecular formula is C17H24FN3. The molecule has 1 atom stereocenters. The molecule has 1 aromatic heterocycles. The summed E-state index contributed by atoms with van der Waals surface area (Å²) in [5, 5.41) is 7.77. The molecule has 2 aromatic rings. The second-order valence-corrected chi connectivity index (χ2v) is 5.40. The first kappa shape index (κ1) is 15.7. The average molecular weight is 289 g/mol. The topological polar surface area (TPSA) is 29.9 Å². The van der Waals surface area contributed by atoms with E-state index in [4.69, 9.17) is 0 Å². The van der Waals surface area contributed by atoms with Gasteiger partial charge < -0.3 is 5.32 Å². The van der Waals surface area contributed by atoms with Gasteiger partial charge in [-0.3, -0.25) is 4.68 Å². The lowest BCUT2D eigenvalue weighted by molar-refractivity contribution is 0.479. The van der Waals surface area contributed by atoms with Crippen LogP contribution in [0.2, 0.25) is 0 Å². The van der Waals surface area contributed by atoms with Crippen molar-refractivity contribution in [3.8, 4) is 0 Å². The summed E-state index contributed by atoms with van der Waals surface area (Å²) in [7, 11) is 1.96. The second kappa shape index (κ2) is 7.93. The Morgan fingerprint density at radius 2 is 2.00 bits per heavy atom. The summed E-state index contributed by atoms with van der Waals surface area (Å²) in [4.78, 5) is 0. The normalized spacial score (nSPS) is 12.5. The number of aryl methyl sites for hydroxylation is 1. The fraction of sp³-hybridized carbons (Fsp3) is 0.471. The van der Waals surface area contributed by atoms with Gasteiger partial charge in [-0.2, -0.15) is 5.10 Å². The molecule has 1 N–H and O–H groups in total. The Morgan fingerprint density at radius 1 is 1.24 bits per heavy atom. The van der Waals surface area contributed by atoms with Crippen LogP contribution in [0.3, 0.4) is 0 Å². The van der Waals surface area contributed by atoms with Crippen molar-refractivity contribution in [2.24, 2.45) is 7.05 Å². The van der Waals surface area contributed by atoms with Crippen molar-refractivity contribution < 1.29 is 4.39 Å². The first-order chi connectivity index (χ1) is 10.2. The molecule has 2 rings (SSSR count). The Bertz CT molecular complexity index is 533. The van der Waals surface area contributed by atoms with Gasteiger partial charge in [-0.1, -0.05) is 31.9 Å². The van der Waals surface area contributed by atoms with Gasteiger partial charge in [0.05, 0.1) is 0 Å². The van der Waals surface area contributed by atoms with E-state index < -0.39 is 0 Å². The van der Waals surface area contributed by atoms with Gasteiger partial charge in [-0.15, -0.1) is 0 Å². The predicted molar refractivity (Wildman–Crippen MR) is 83.6 cm³/mol. The molecule has 114 valence electrons. The highest BCUT2D eigenvalue weighted by Gasteiger charge is 2.10. The van der Waals surface area contributed by atoms with E-state index in [-0.39, 0.29) is 5.82 Å². The third-order valence-corrected chi connectivity index (χ3v) is 3.81. The smallest absolute Gasteiger partial charge is 0.123 e. The van der Waals surface area contributed by atoms with Crippen molar-refractivity contribution in [1.29, 1.82) is 0 Å². The molecule has 1 aromatic carbocycles. The van der Waals surface area contributed by atoms with E-state index in [1.807, 2.05) is 36.1 Å². The van der Waals surface area contributed by atoms with Crippen molar-refractivity contribution in [1.82, 2.24) is 15.1 Å². The first-order valence-electron chi connectivity index (χ1n) is 7.66. The van der Waals surface area contributed by atoms with Crippen LogP contribution in [0.1, 0.15) is 43.5 Å². The summed E-state index contributed by atoms with van der Waals surface area (Å²) in [6, 6.07) is 9.17. The molecule has 1 unspecified atom stereocenters. The minimum Gasteiger partial charge on any atom is -0.310 e. The van der Waals surface area contributed by atoms with Gasteiger partial charge in [-0.25, -0.2) is 4.39 Å². The molecule has 0 aliphatic carbocycles. The maximum absolute atomic E-state index is 13.1. The first-order valence-corrected chi connectivity index (χ1v) is 7.66. The number of aromatic nitrogens is 2. The van der Waals surface area contributed by atoms with E-state index in [9.17, 15) is 4.39 Å². The van der Waals surface area contributed by atoms with Gasteiger partial charge in [0, 0.05) is 37.9 Å². The molecule has 0 fully saturated rings. The summed E-state index contributed by atoms with van der Waals surface area (Å²) >= 11 is 0. The highest BCUT2D eigenvalue weighted by atomic mass is 19.1. The molecular weight excluding hydrogens is 265 g/mol. The summed E-state index contributed by atoms with van der Waals surface area (Å²) in [5.74, 6) is -0.178. The van der Waals surface area contributed by atoms with Crippen LogP contribution in [0.4, 0.5) is 4.39 Å². The highest BCUT2D eigenvalue weighted by Crippen LogP contribution is 2.19. The number of benzene rings is 1. The molecule has 0 amide bonds. The van der Waals surface area contributed by atoms with Crippen molar-refractivity contribution in [2.75, 3.05) is 6.54 Å². The molecule has 0 bridgehead atoms. The van der Waals surface area contributed by atoms with E-state index in [0.29, 0.717) is 6.04 Å². The molecule has 0 aliphatic rings. The molecule has 0 aliphatic heterocycles. The molecule has 4 heteroatoms. The van der Waals surface area contributed by atoms with Gasteiger partial charge >= 0.3 is 0 Å². The van der Waals surface area contributed by atoms with Gasteiger partial charge in [0.2, 0.25) is 0 Å². The van der Waals surface area contributed by atoms with Gasteiger partial charge in [0.25, 0.3) is 0 Å². The SMILES string of the molecule is CCCCC(NCCc1ccnn1C)c1ccc(F)cc1. The maximum Gasteiger partial charge on any atom is 0.123 e. The van der Waals surface area contributed by atoms with E-state index in [0.717, 1.165) is 24.9 Å². The molecule has 0 spiro atoms. The van der Waals surface area contributed by atoms with Crippen LogP contribution in [0.25, 0.3) is 0 Å². The Balaban J connectivity index is 1.93. The number of unbranched alkanes of at least 4 members (excludes halogenated alkanes) is 1. The maximum atomic E-state index is 13.1. The average Bonchev–Trinajstić information content (AvgIpc) is 2.89. The number of hydrogen-bond acceptors (Lipinski definition) is 2. The van der Waals surface area contributed by atoms with Gasteiger partial charge in [-0.05, 0) is 30.2 Å². The van der Waals surface area contributed by atoms with Crippen molar-refractivity contribution in [2.45, 2.75) is 38.6 Å².